The quantitative estimate of drug-likeness (QED) is 0.666. The van der Waals surface area contributed by atoms with Gasteiger partial charge in [-0.15, -0.1) is 0 Å². The Bertz CT molecular complexity index is 1040. The van der Waals surface area contributed by atoms with E-state index in [0.717, 1.165) is 0 Å². The van der Waals surface area contributed by atoms with Crippen LogP contribution in [-0.2, 0) is 14.8 Å². The van der Waals surface area contributed by atoms with Gasteiger partial charge in [0.05, 0.1) is 4.90 Å². The molecule has 1 aliphatic heterocycles. The molecule has 1 atom stereocenters. The van der Waals surface area contributed by atoms with Crippen molar-refractivity contribution in [3.05, 3.63) is 53.1 Å². The van der Waals surface area contributed by atoms with Crippen molar-refractivity contribution in [1.29, 1.82) is 0 Å². The predicted molar refractivity (Wildman–Crippen MR) is 111 cm³/mol. The molecule has 3 rings (SSSR count). The monoisotopic (exact) mass is 436 g/mol. The van der Waals surface area contributed by atoms with Gasteiger partial charge in [-0.1, -0.05) is 17.7 Å². The molecule has 2 aromatic carbocycles. The van der Waals surface area contributed by atoms with Gasteiger partial charge in [-0.25, -0.2) is 13.2 Å². The number of halogens is 1. The number of carbonyl (C=O) groups is 2. The molecule has 0 saturated carbocycles. The van der Waals surface area contributed by atoms with E-state index < -0.39 is 28.0 Å². The lowest BCUT2D eigenvalue weighted by Crippen LogP contribution is -2.45. The molecule has 0 aromatic heterocycles. The van der Waals surface area contributed by atoms with E-state index in [1.54, 1.807) is 43.3 Å². The average Bonchev–Trinajstić information content (AvgIpc) is 3.15. The Labute approximate surface area is 174 Å². The first kappa shape index (κ1) is 20.9. The molecular formula is C19H21ClN4O4S. The standard InChI is InChI=1S/C19H21ClN4O4S/c1-12-4-7-15(22-18(25)16-3-2-10-24(16)19(21)26)11-17(12)29(27,28)23-14-8-5-13(20)6-9-14/h4-9,11,16,23H,2-3,10H2,1H3,(H2,21,26)(H,22,25). The summed E-state index contributed by atoms with van der Waals surface area (Å²) in [6, 6.07) is 9.55. The summed E-state index contributed by atoms with van der Waals surface area (Å²) < 4.78 is 28.1. The summed E-state index contributed by atoms with van der Waals surface area (Å²) in [7, 11) is -3.89. The van der Waals surface area contributed by atoms with Crippen LogP contribution in [0.2, 0.25) is 5.02 Å². The largest absolute Gasteiger partial charge is 0.351 e. The predicted octanol–water partition coefficient (Wildman–Crippen LogP) is 2.93. The van der Waals surface area contributed by atoms with Crippen LogP contribution in [-0.4, -0.2) is 37.8 Å². The molecule has 10 heteroatoms. The first-order valence-electron chi connectivity index (χ1n) is 8.93. The van der Waals surface area contributed by atoms with Gasteiger partial charge in [0.25, 0.3) is 10.0 Å². The van der Waals surface area contributed by atoms with E-state index in [-0.39, 0.29) is 4.90 Å². The van der Waals surface area contributed by atoms with Gasteiger partial charge in [0.15, 0.2) is 0 Å². The first-order valence-corrected chi connectivity index (χ1v) is 10.8. The van der Waals surface area contributed by atoms with Gasteiger partial charge < -0.3 is 16.0 Å². The van der Waals surface area contributed by atoms with Crippen molar-refractivity contribution in [2.75, 3.05) is 16.6 Å². The average molecular weight is 437 g/mol. The van der Waals surface area contributed by atoms with Crippen molar-refractivity contribution in [3.8, 4) is 0 Å². The van der Waals surface area contributed by atoms with Crippen molar-refractivity contribution in [2.45, 2.75) is 30.7 Å². The zero-order valence-corrected chi connectivity index (χ0v) is 17.3. The van der Waals surface area contributed by atoms with Gasteiger partial charge >= 0.3 is 6.03 Å². The number of hydrogen-bond acceptors (Lipinski definition) is 4. The maximum atomic E-state index is 12.8. The zero-order valence-electron chi connectivity index (χ0n) is 15.7. The number of anilines is 2. The Morgan fingerprint density at radius 1 is 1.14 bits per heavy atom. The van der Waals surface area contributed by atoms with Crippen molar-refractivity contribution < 1.29 is 18.0 Å². The van der Waals surface area contributed by atoms with Gasteiger partial charge in [0.1, 0.15) is 6.04 Å². The molecule has 3 amide bonds. The van der Waals surface area contributed by atoms with E-state index in [4.69, 9.17) is 17.3 Å². The number of primary amides is 1. The van der Waals surface area contributed by atoms with Crippen LogP contribution in [0.25, 0.3) is 0 Å². The van der Waals surface area contributed by atoms with E-state index in [9.17, 15) is 18.0 Å². The molecule has 0 radical (unpaired) electrons. The van der Waals surface area contributed by atoms with Crippen molar-refractivity contribution in [2.24, 2.45) is 5.73 Å². The second-order valence-corrected chi connectivity index (χ2v) is 8.86. The molecule has 0 spiro atoms. The normalized spacial score (nSPS) is 16.5. The van der Waals surface area contributed by atoms with Crippen LogP contribution < -0.4 is 15.8 Å². The number of likely N-dealkylation sites (tertiary alicyclic amines) is 1. The third-order valence-electron chi connectivity index (χ3n) is 4.68. The maximum absolute atomic E-state index is 12.8. The number of nitrogens with zero attached hydrogens (tertiary/aromatic N) is 1. The molecule has 0 bridgehead atoms. The number of nitrogens with one attached hydrogen (secondary N) is 2. The number of carbonyl (C=O) groups excluding carboxylic acids is 2. The molecule has 1 saturated heterocycles. The number of sulfonamides is 1. The Morgan fingerprint density at radius 3 is 2.45 bits per heavy atom. The van der Waals surface area contributed by atoms with E-state index in [1.165, 1.54) is 11.0 Å². The van der Waals surface area contributed by atoms with Crippen LogP contribution in [0.15, 0.2) is 47.4 Å². The Morgan fingerprint density at radius 2 is 1.79 bits per heavy atom. The fourth-order valence-corrected chi connectivity index (χ4v) is 4.68. The van der Waals surface area contributed by atoms with E-state index >= 15 is 0 Å². The lowest BCUT2D eigenvalue weighted by atomic mass is 10.2. The summed E-state index contributed by atoms with van der Waals surface area (Å²) in [5.41, 5.74) is 6.51. The van der Waals surface area contributed by atoms with Crippen LogP contribution in [0, 0.1) is 6.92 Å². The molecular weight excluding hydrogens is 416 g/mol. The Kier molecular flexibility index (Phi) is 5.99. The SMILES string of the molecule is Cc1ccc(NC(=O)C2CCCN2C(N)=O)cc1S(=O)(=O)Nc1ccc(Cl)cc1. The fraction of sp³-hybridized carbons (Fsp3) is 0.263. The Balaban J connectivity index is 1.81. The molecule has 4 N–H and O–H groups in total. The summed E-state index contributed by atoms with van der Waals surface area (Å²) in [6.45, 7) is 2.08. The van der Waals surface area contributed by atoms with Crippen molar-refractivity contribution >= 4 is 44.9 Å². The van der Waals surface area contributed by atoms with Gasteiger partial charge in [0.2, 0.25) is 5.91 Å². The summed E-state index contributed by atoms with van der Waals surface area (Å²) in [5.74, 6) is -0.404. The minimum absolute atomic E-state index is 0.0310. The molecule has 1 unspecified atom stereocenters. The number of rotatable bonds is 5. The molecule has 8 nitrogen and oxygen atoms in total. The summed E-state index contributed by atoms with van der Waals surface area (Å²) in [5, 5.41) is 3.17. The number of nitrogens with two attached hydrogens (primary N) is 1. The van der Waals surface area contributed by atoms with Crippen LogP contribution in [0.4, 0.5) is 16.2 Å². The summed E-state index contributed by atoms with van der Waals surface area (Å²) in [4.78, 5) is 25.4. The highest BCUT2D eigenvalue weighted by atomic mass is 35.5. The minimum Gasteiger partial charge on any atom is -0.351 e. The third-order valence-corrected chi connectivity index (χ3v) is 6.46. The second-order valence-electron chi connectivity index (χ2n) is 6.77. The van der Waals surface area contributed by atoms with Gasteiger partial charge in [-0.2, -0.15) is 0 Å². The molecule has 29 heavy (non-hydrogen) atoms. The van der Waals surface area contributed by atoms with Crippen LogP contribution >= 0.6 is 11.6 Å². The smallest absolute Gasteiger partial charge is 0.315 e. The van der Waals surface area contributed by atoms with E-state index in [1.807, 2.05) is 0 Å². The van der Waals surface area contributed by atoms with Crippen molar-refractivity contribution in [1.82, 2.24) is 4.90 Å². The third kappa shape index (κ3) is 4.80. The van der Waals surface area contributed by atoms with Gasteiger partial charge in [-0.3, -0.25) is 9.52 Å². The zero-order chi connectivity index (χ0) is 21.2. The maximum Gasteiger partial charge on any atom is 0.315 e. The fourth-order valence-electron chi connectivity index (χ4n) is 3.22. The first-order chi connectivity index (χ1) is 13.7. The lowest BCUT2D eigenvalue weighted by Gasteiger charge is -2.22. The summed E-state index contributed by atoms with van der Waals surface area (Å²) >= 11 is 5.83. The van der Waals surface area contributed by atoms with Crippen molar-refractivity contribution in [3.63, 3.8) is 0 Å². The highest BCUT2D eigenvalue weighted by Crippen LogP contribution is 2.25. The molecule has 2 aromatic rings. The molecule has 1 fully saturated rings. The van der Waals surface area contributed by atoms with Crippen LogP contribution in [0.5, 0.6) is 0 Å². The minimum atomic E-state index is -3.89. The number of amides is 3. The molecule has 1 heterocycles. The topological polar surface area (TPSA) is 122 Å². The van der Waals surface area contributed by atoms with Gasteiger partial charge in [0, 0.05) is 22.9 Å². The molecule has 154 valence electrons. The number of hydrogen-bond donors (Lipinski definition) is 3. The van der Waals surface area contributed by atoms with E-state index in [0.29, 0.717) is 41.3 Å². The molecule has 1 aliphatic rings. The summed E-state index contributed by atoms with van der Waals surface area (Å²) in [6.07, 6.45) is 1.18. The Hall–Kier alpha value is -2.78. The van der Waals surface area contributed by atoms with Gasteiger partial charge in [-0.05, 0) is 61.7 Å². The number of urea groups is 1. The van der Waals surface area contributed by atoms with E-state index in [2.05, 4.69) is 10.0 Å². The highest BCUT2D eigenvalue weighted by Gasteiger charge is 2.33. The lowest BCUT2D eigenvalue weighted by molar-refractivity contribution is -0.119. The highest BCUT2D eigenvalue weighted by molar-refractivity contribution is 7.92. The number of aryl methyl sites for hydroxylation is 1. The molecule has 0 aliphatic carbocycles. The number of benzene rings is 2. The van der Waals surface area contributed by atoms with Crippen LogP contribution in [0.3, 0.4) is 0 Å². The second kappa shape index (κ2) is 8.30. The van der Waals surface area contributed by atoms with Crippen LogP contribution in [0.1, 0.15) is 18.4 Å².